The highest BCUT2D eigenvalue weighted by atomic mass is 16.5. The molecule has 0 saturated carbocycles. The van der Waals surface area contributed by atoms with Crippen molar-refractivity contribution < 1.29 is 9.47 Å². The van der Waals surface area contributed by atoms with Crippen LogP contribution in [0.5, 0.6) is 11.5 Å². The zero-order chi connectivity index (χ0) is 14.6. The van der Waals surface area contributed by atoms with Crippen molar-refractivity contribution in [2.24, 2.45) is 0 Å². The molecular weight excluding hydrogens is 238 g/mol. The molecule has 0 aliphatic rings. The van der Waals surface area contributed by atoms with Crippen LogP contribution < -0.4 is 14.8 Å². The Balaban J connectivity index is 3.36. The molecule has 1 N–H and O–H groups in total. The SMILES string of the molecule is CCNCC(C)(C)c1cc(OC)c(C)c(C)c1OC. The second kappa shape index (κ2) is 6.29. The maximum absolute atomic E-state index is 5.64. The Morgan fingerprint density at radius 2 is 1.74 bits per heavy atom. The molecular formula is C16H27NO2. The maximum Gasteiger partial charge on any atom is 0.126 e. The highest BCUT2D eigenvalue weighted by Crippen LogP contribution is 2.39. The van der Waals surface area contributed by atoms with Gasteiger partial charge in [-0.25, -0.2) is 0 Å². The van der Waals surface area contributed by atoms with Crippen molar-refractivity contribution in [2.45, 2.75) is 40.0 Å². The zero-order valence-corrected chi connectivity index (χ0v) is 13.3. The van der Waals surface area contributed by atoms with Crippen LogP contribution in [0.1, 0.15) is 37.5 Å². The van der Waals surface area contributed by atoms with E-state index in [2.05, 4.69) is 46.0 Å². The highest BCUT2D eigenvalue weighted by molar-refractivity contribution is 5.55. The van der Waals surface area contributed by atoms with Gasteiger partial charge in [0.05, 0.1) is 14.2 Å². The number of methoxy groups -OCH3 is 2. The van der Waals surface area contributed by atoms with E-state index in [9.17, 15) is 0 Å². The first-order valence-electron chi connectivity index (χ1n) is 6.82. The minimum atomic E-state index is -0.00685. The number of nitrogens with one attached hydrogen (secondary N) is 1. The molecule has 1 aromatic rings. The maximum atomic E-state index is 5.64. The third kappa shape index (κ3) is 3.21. The molecule has 108 valence electrons. The van der Waals surface area contributed by atoms with Crippen LogP contribution in [0, 0.1) is 13.8 Å². The van der Waals surface area contributed by atoms with Crippen molar-refractivity contribution >= 4 is 0 Å². The first kappa shape index (κ1) is 15.8. The minimum Gasteiger partial charge on any atom is -0.496 e. The molecule has 0 aliphatic carbocycles. The van der Waals surface area contributed by atoms with Gasteiger partial charge in [0.2, 0.25) is 0 Å². The van der Waals surface area contributed by atoms with E-state index in [-0.39, 0.29) is 5.41 Å². The van der Waals surface area contributed by atoms with E-state index in [1.165, 1.54) is 5.56 Å². The second-order valence-electron chi connectivity index (χ2n) is 5.57. The van der Waals surface area contributed by atoms with Crippen LogP contribution in [-0.2, 0) is 5.41 Å². The van der Waals surface area contributed by atoms with E-state index >= 15 is 0 Å². The van der Waals surface area contributed by atoms with Gasteiger partial charge < -0.3 is 14.8 Å². The molecule has 1 rings (SSSR count). The molecule has 3 nitrogen and oxygen atoms in total. The zero-order valence-electron chi connectivity index (χ0n) is 13.3. The molecule has 0 spiro atoms. The lowest BCUT2D eigenvalue weighted by Crippen LogP contribution is -2.33. The summed E-state index contributed by atoms with van der Waals surface area (Å²) < 4.78 is 11.1. The molecule has 0 amide bonds. The summed E-state index contributed by atoms with van der Waals surface area (Å²) in [5.74, 6) is 1.90. The van der Waals surface area contributed by atoms with Gasteiger partial charge in [-0.05, 0) is 37.6 Å². The van der Waals surface area contributed by atoms with Crippen molar-refractivity contribution in [1.29, 1.82) is 0 Å². The fraction of sp³-hybridized carbons (Fsp3) is 0.625. The van der Waals surface area contributed by atoms with E-state index in [1.54, 1.807) is 14.2 Å². The number of benzene rings is 1. The summed E-state index contributed by atoms with van der Waals surface area (Å²) >= 11 is 0. The summed E-state index contributed by atoms with van der Waals surface area (Å²) in [5, 5.41) is 3.41. The van der Waals surface area contributed by atoms with E-state index in [0.29, 0.717) is 0 Å². The molecule has 0 aliphatic heterocycles. The molecule has 0 fully saturated rings. The van der Waals surface area contributed by atoms with Gasteiger partial charge in [-0.3, -0.25) is 0 Å². The Kier molecular flexibility index (Phi) is 5.24. The average molecular weight is 265 g/mol. The first-order chi connectivity index (χ1) is 8.88. The normalized spacial score (nSPS) is 11.5. The largest absolute Gasteiger partial charge is 0.496 e. The summed E-state index contributed by atoms with van der Waals surface area (Å²) in [6.45, 7) is 12.6. The molecule has 0 bridgehead atoms. The second-order valence-corrected chi connectivity index (χ2v) is 5.57. The Labute approximate surface area is 117 Å². The topological polar surface area (TPSA) is 30.5 Å². The minimum absolute atomic E-state index is 0.00685. The predicted molar refractivity (Wildman–Crippen MR) is 80.6 cm³/mol. The van der Waals surface area contributed by atoms with Gasteiger partial charge in [0.25, 0.3) is 0 Å². The van der Waals surface area contributed by atoms with Crippen molar-refractivity contribution in [3.05, 3.63) is 22.8 Å². The lowest BCUT2D eigenvalue weighted by Gasteiger charge is -2.29. The van der Waals surface area contributed by atoms with E-state index in [0.717, 1.165) is 35.7 Å². The Bertz CT molecular complexity index is 439. The molecule has 0 heterocycles. The molecule has 0 radical (unpaired) electrons. The third-order valence-corrected chi connectivity index (χ3v) is 3.76. The van der Waals surface area contributed by atoms with Crippen molar-refractivity contribution in [2.75, 3.05) is 27.3 Å². The fourth-order valence-corrected chi connectivity index (χ4v) is 2.37. The smallest absolute Gasteiger partial charge is 0.126 e. The van der Waals surface area contributed by atoms with Crippen LogP contribution in [0.25, 0.3) is 0 Å². The standard InChI is InChI=1S/C16H27NO2/c1-8-17-10-16(4,5)13-9-14(18-6)11(2)12(3)15(13)19-7/h9,17H,8,10H2,1-7H3. The highest BCUT2D eigenvalue weighted by Gasteiger charge is 2.27. The molecule has 0 unspecified atom stereocenters. The van der Waals surface area contributed by atoms with Crippen molar-refractivity contribution in [3.8, 4) is 11.5 Å². The number of likely N-dealkylation sites (N-methyl/N-ethyl adjacent to an activating group) is 1. The number of rotatable bonds is 6. The number of hydrogen-bond donors (Lipinski definition) is 1. The Morgan fingerprint density at radius 1 is 1.11 bits per heavy atom. The summed E-state index contributed by atoms with van der Waals surface area (Å²) in [7, 11) is 3.45. The molecule has 0 atom stereocenters. The Morgan fingerprint density at radius 3 is 2.21 bits per heavy atom. The molecule has 0 saturated heterocycles. The summed E-state index contributed by atoms with van der Waals surface area (Å²) in [6, 6.07) is 2.11. The predicted octanol–water partition coefficient (Wildman–Crippen LogP) is 3.21. The third-order valence-electron chi connectivity index (χ3n) is 3.76. The van der Waals surface area contributed by atoms with Crippen molar-refractivity contribution in [1.82, 2.24) is 5.32 Å². The van der Waals surface area contributed by atoms with E-state index in [1.807, 2.05) is 0 Å². The summed E-state index contributed by atoms with van der Waals surface area (Å²) in [4.78, 5) is 0. The monoisotopic (exact) mass is 265 g/mol. The van der Waals surface area contributed by atoms with Crippen LogP contribution in [0.15, 0.2) is 6.07 Å². The number of ether oxygens (including phenoxy) is 2. The van der Waals surface area contributed by atoms with E-state index in [4.69, 9.17) is 9.47 Å². The van der Waals surface area contributed by atoms with Gasteiger partial charge >= 0.3 is 0 Å². The molecule has 19 heavy (non-hydrogen) atoms. The van der Waals surface area contributed by atoms with Gasteiger partial charge in [-0.2, -0.15) is 0 Å². The molecule has 0 aromatic heterocycles. The average Bonchev–Trinajstić information content (AvgIpc) is 2.39. The van der Waals surface area contributed by atoms with Crippen LogP contribution in [0.3, 0.4) is 0 Å². The van der Waals surface area contributed by atoms with Crippen LogP contribution in [-0.4, -0.2) is 27.3 Å². The Hall–Kier alpha value is -1.22. The quantitative estimate of drug-likeness (QED) is 0.856. The van der Waals surface area contributed by atoms with Crippen LogP contribution >= 0.6 is 0 Å². The van der Waals surface area contributed by atoms with Gasteiger partial charge in [0.15, 0.2) is 0 Å². The molecule has 3 heteroatoms. The summed E-state index contributed by atoms with van der Waals surface area (Å²) in [5.41, 5.74) is 3.48. The van der Waals surface area contributed by atoms with Gasteiger partial charge in [-0.15, -0.1) is 0 Å². The first-order valence-corrected chi connectivity index (χ1v) is 6.82. The lowest BCUT2D eigenvalue weighted by molar-refractivity contribution is 0.374. The van der Waals surface area contributed by atoms with Crippen molar-refractivity contribution in [3.63, 3.8) is 0 Å². The van der Waals surface area contributed by atoms with Gasteiger partial charge in [0, 0.05) is 17.5 Å². The van der Waals surface area contributed by atoms with Gasteiger partial charge in [0.1, 0.15) is 11.5 Å². The number of hydrogen-bond acceptors (Lipinski definition) is 3. The fourth-order valence-electron chi connectivity index (χ4n) is 2.37. The summed E-state index contributed by atoms with van der Waals surface area (Å²) in [6.07, 6.45) is 0. The van der Waals surface area contributed by atoms with Crippen LogP contribution in [0.2, 0.25) is 0 Å². The van der Waals surface area contributed by atoms with Crippen LogP contribution in [0.4, 0.5) is 0 Å². The van der Waals surface area contributed by atoms with E-state index < -0.39 is 0 Å². The lowest BCUT2D eigenvalue weighted by atomic mass is 9.82. The molecule has 1 aromatic carbocycles. The van der Waals surface area contributed by atoms with Gasteiger partial charge in [-0.1, -0.05) is 20.8 Å².